The second-order valence-corrected chi connectivity index (χ2v) is 5.86. The summed E-state index contributed by atoms with van der Waals surface area (Å²) in [5.74, 6) is 0. The van der Waals surface area contributed by atoms with Gasteiger partial charge in [-0.25, -0.2) is 18.4 Å². The van der Waals surface area contributed by atoms with Gasteiger partial charge in [0.2, 0.25) is 0 Å². The molecule has 0 unspecified atom stereocenters. The third kappa shape index (κ3) is 2.33. The second-order valence-electron chi connectivity index (χ2n) is 4.21. The monoisotopic (exact) mass is 285 g/mol. The number of hydrogen-bond acceptors (Lipinski definition) is 4. The van der Waals surface area contributed by atoms with Gasteiger partial charge in [-0.3, -0.25) is 4.72 Å². The van der Waals surface area contributed by atoms with Crippen LogP contribution >= 0.6 is 0 Å². The first kappa shape index (κ1) is 12.6. The highest BCUT2D eigenvalue weighted by molar-refractivity contribution is 7.93. The summed E-state index contributed by atoms with van der Waals surface area (Å²) in [6.07, 6.45) is 4.17. The molecular formula is C14H11N3O2S. The standard InChI is InChI=1S/C14H11N3O2S/c18-20(19,17-12-8-15-10-16-9-12)14-7-3-5-11-4-1-2-6-13(11)14/h1-10,17H. The van der Waals surface area contributed by atoms with Crippen LogP contribution in [-0.2, 0) is 10.0 Å². The predicted octanol–water partition coefficient (Wildman–Crippen LogP) is 2.43. The van der Waals surface area contributed by atoms with E-state index >= 15 is 0 Å². The van der Waals surface area contributed by atoms with Crippen LogP contribution in [0.4, 0.5) is 5.69 Å². The molecule has 3 rings (SSSR count). The minimum Gasteiger partial charge on any atom is -0.276 e. The Morgan fingerprint density at radius 3 is 2.40 bits per heavy atom. The highest BCUT2D eigenvalue weighted by Gasteiger charge is 2.17. The maximum absolute atomic E-state index is 12.4. The third-order valence-corrected chi connectivity index (χ3v) is 4.29. The minimum atomic E-state index is -3.67. The zero-order valence-corrected chi connectivity index (χ0v) is 11.2. The number of aromatic nitrogens is 2. The van der Waals surface area contributed by atoms with E-state index in [1.54, 1.807) is 18.2 Å². The van der Waals surface area contributed by atoms with Crippen LogP contribution in [0, 0.1) is 0 Å². The topological polar surface area (TPSA) is 72.0 Å². The van der Waals surface area contributed by atoms with Gasteiger partial charge < -0.3 is 0 Å². The van der Waals surface area contributed by atoms with Gasteiger partial charge in [-0.2, -0.15) is 0 Å². The quantitative estimate of drug-likeness (QED) is 0.802. The molecule has 0 fully saturated rings. The molecule has 20 heavy (non-hydrogen) atoms. The highest BCUT2D eigenvalue weighted by atomic mass is 32.2. The summed E-state index contributed by atoms with van der Waals surface area (Å²) in [4.78, 5) is 7.81. The third-order valence-electron chi connectivity index (χ3n) is 2.85. The van der Waals surface area contributed by atoms with E-state index in [9.17, 15) is 8.42 Å². The molecule has 0 bridgehead atoms. The van der Waals surface area contributed by atoms with E-state index in [4.69, 9.17) is 0 Å². The summed E-state index contributed by atoms with van der Waals surface area (Å²) in [6, 6.07) is 12.5. The molecule has 5 nitrogen and oxygen atoms in total. The van der Waals surface area contributed by atoms with Crippen LogP contribution < -0.4 is 4.72 Å². The molecule has 0 aliphatic heterocycles. The lowest BCUT2D eigenvalue weighted by molar-refractivity contribution is 0.602. The fourth-order valence-electron chi connectivity index (χ4n) is 1.99. The van der Waals surface area contributed by atoms with E-state index in [0.717, 1.165) is 5.39 Å². The Morgan fingerprint density at radius 1 is 0.900 bits per heavy atom. The molecule has 0 saturated carbocycles. The fraction of sp³-hybridized carbons (Fsp3) is 0. The average molecular weight is 285 g/mol. The van der Waals surface area contributed by atoms with Crippen molar-refractivity contribution < 1.29 is 8.42 Å². The van der Waals surface area contributed by atoms with E-state index in [0.29, 0.717) is 11.1 Å². The number of sulfonamides is 1. The molecule has 1 heterocycles. The number of hydrogen-bond donors (Lipinski definition) is 1. The fourth-order valence-corrected chi connectivity index (χ4v) is 3.25. The lowest BCUT2D eigenvalue weighted by Crippen LogP contribution is -2.13. The number of benzene rings is 2. The first-order valence-electron chi connectivity index (χ1n) is 5.92. The van der Waals surface area contributed by atoms with Gasteiger partial charge in [-0.15, -0.1) is 0 Å². The summed E-state index contributed by atoms with van der Waals surface area (Å²) in [5.41, 5.74) is 0.334. The van der Waals surface area contributed by atoms with E-state index < -0.39 is 10.0 Å². The first-order chi connectivity index (χ1) is 9.67. The molecule has 0 atom stereocenters. The van der Waals surface area contributed by atoms with E-state index in [2.05, 4.69) is 14.7 Å². The van der Waals surface area contributed by atoms with Crippen molar-refractivity contribution in [2.45, 2.75) is 4.90 Å². The Balaban J connectivity index is 2.10. The number of fused-ring (bicyclic) bond motifs is 1. The Kier molecular flexibility index (Phi) is 3.08. The lowest BCUT2D eigenvalue weighted by Gasteiger charge is -2.09. The van der Waals surface area contributed by atoms with Gasteiger partial charge in [0.15, 0.2) is 0 Å². The maximum atomic E-state index is 12.4. The van der Waals surface area contributed by atoms with Crippen LogP contribution in [0.3, 0.4) is 0 Å². The molecule has 0 spiro atoms. The van der Waals surface area contributed by atoms with Crippen molar-refractivity contribution in [3.8, 4) is 0 Å². The van der Waals surface area contributed by atoms with Crippen molar-refractivity contribution in [2.75, 3.05) is 4.72 Å². The van der Waals surface area contributed by atoms with Crippen LogP contribution in [0.25, 0.3) is 10.8 Å². The van der Waals surface area contributed by atoms with Crippen LogP contribution in [0.2, 0.25) is 0 Å². The molecule has 6 heteroatoms. The van der Waals surface area contributed by atoms with E-state index in [-0.39, 0.29) is 4.90 Å². The molecular weight excluding hydrogens is 274 g/mol. The maximum Gasteiger partial charge on any atom is 0.262 e. The van der Waals surface area contributed by atoms with Crippen LogP contribution in [0.1, 0.15) is 0 Å². The number of nitrogens with zero attached hydrogens (tertiary/aromatic N) is 2. The van der Waals surface area contributed by atoms with Gasteiger partial charge in [0.05, 0.1) is 23.0 Å². The van der Waals surface area contributed by atoms with Crippen molar-refractivity contribution in [1.29, 1.82) is 0 Å². The average Bonchev–Trinajstić information content (AvgIpc) is 2.47. The molecule has 0 amide bonds. The zero-order valence-electron chi connectivity index (χ0n) is 10.4. The van der Waals surface area contributed by atoms with E-state index in [1.807, 2.05) is 24.3 Å². The minimum absolute atomic E-state index is 0.236. The van der Waals surface area contributed by atoms with Crippen molar-refractivity contribution in [3.63, 3.8) is 0 Å². The number of nitrogens with one attached hydrogen (secondary N) is 1. The molecule has 0 saturated heterocycles. The van der Waals surface area contributed by atoms with Gasteiger partial charge in [-0.1, -0.05) is 36.4 Å². The highest BCUT2D eigenvalue weighted by Crippen LogP contribution is 2.24. The number of rotatable bonds is 3. The van der Waals surface area contributed by atoms with Crippen LogP contribution in [0.15, 0.2) is 66.1 Å². The Hall–Kier alpha value is -2.47. The smallest absolute Gasteiger partial charge is 0.262 e. The Bertz CT molecular complexity index is 843. The van der Waals surface area contributed by atoms with Crippen molar-refractivity contribution in [3.05, 3.63) is 61.2 Å². The van der Waals surface area contributed by atoms with Gasteiger partial charge in [0.1, 0.15) is 6.33 Å². The zero-order chi connectivity index (χ0) is 14.0. The predicted molar refractivity (Wildman–Crippen MR) is 76.8 cm³/mol. The van der Waals surface area contributed by atoms with Gasteiger partial charge in [0, 0.05) is 5.39 Å². The second kappa shape index (κ2) is 4.90. The van der Waals surface area contributed by atoms with Gasteiger partial charge in [0.25, 0.3) is 10.0 Å². The molecule has 100 valence electrons. The molecule has 0 aliphatic rings. The van der Waals surface area contributed by atoms with Crippen LogP contribution in [0.5, 0.6) is 0 Å². The van der Waals surface area contributed by atoms with Crippen molar-refractivity contribution in [1.82, 2.24) is 9.97 Å². The normalized spacial score (nSPS) is 11.4. The summed E-state index contributed by atoms with van der Waals surface area (Å²) in [6.45, 7) is 0. The van der Waals surface area contributed by atoms with E-state index in [1.165, 1.54) is 18.7 Å². The summed E-state index contributed by atoms with van der Waals surface area (Å²) >= 11 is 0. The van der Waals surface area contributed by atoms with Crippen molar-refractivity contribution in [2.24, 2.45) is 0 Å². The van der Waals surface area contributed by atoms with Gasteiger partial charge >= 0.3 is 0 Å². The molecule has 1 N–H and O–H groups in total. The van der Waals surface area contributed by atoms with Crippen molar-refractivity contribution >= 4 is 26.5 Å². The Morgan fingerprint density at radius 2 is 1.60 bits per heavy atom. The number of anilines is 1. The SMILES string of the molecule is O=S(=O)(Nc1cncnc1)c1cccc2ccccc12. The molecule has 3 aromatic rings. The first-order valence-corrected chi connectivity index (χ1v) is 7.41. The Labute approximate surface area is 116 Å². The largest absolute Gasteiger partial charge is 0.276 e. The molecule has 0 radical (unpaired) electrons. The summed E-state index contributed by atoms with van der Waals surface area (Å²) < 4.78 is 27.4. The molecule has 1 aromatic heterocycles. The van der Waals surface area contributed by atoms with Crippen LogP contribution in [-0.4, -0.2) is 18.4 Å². The van der Waals surface area contributed by atoms with Gasteiger partial charge in [-0.05, 0) is 11.5 Å². The molecule has 0 aliphatic carbocycles. The summed E-state index contributed by atoms with van der Waals surface area (Å²) in [5, 5.41) is 1.55. The molecule has 2 aromatic carbocycles. The lowest BCUT2D eigenvalue weighted by atomic mass is 10.1. The summed E-state index contributed by atoms with van der Waals surface area (Å²) in [7, 11) is -3.67.